The lowest BCUT2D eigenvalue weighted by molar-refractivity contribution is -0.384. The molecule has 0 atom stereocenters. The molecule has 1 aromatic heterocycles. The van der Waals surface area contributed by atoms with Crippen molar-refractivity contribution in [1.82, 2.24) is 4.57 Å². The number of benzene rings is 5. The van der Waals surface area contributed by atoms with Crippen molar-refractivity contribution in [3.63, 3.8) is 0 Å². The summed E-state index contributed by atoms with van der Waals surface area (Å²) in [5, 5.41) is 15.9. The molecule has 0 amide bonds. The second kappa shape index (κ2) is 7.99. The average Bonchev–Trinajstić information content (AvgIpc) is 3.20. The number of methoxy groups -OCH3 is 1. The van der Waals surface area contributed by atoms with E-state index in [1.807, 2.05) is 30.3 Å². The molecule has 35 heavy (non-hydrogen) atoms. The molecule has 1 heterocycles. The molecule has 6 aromatic rings. The number of hydrogen-bond acceptors (Lipinski definition) is 3. The van der Waals surface area contributed by atoms with E-state index in [9.17, 15) is 10.1 Å². The van der Waals surface area contributed by atoms with Crippen LogP contribution in [0, 0.1) is 10.1 Å². The van der Waals surface area contributed by atoms with Gasteiger partial charge in [0.15, 0.2) is 0 Å². The van der Waals surface area contributed by atoms with Gasteiger partial charge >= 0.3 is 0 Å². The number of nitrogens with zero attached hydrogens (tertiary/aromatic N) is 2. The Labute approximate surface area is 202 Å². The van der Waals surface area contributed by atoms with Gasteiger partial charge in [-0.05, 0) is 52.4 Å². The molecule has 5 nitrogen and oxygen atoms in total. The van der Waals surface area contributed by atoms with Gasteiger partial charge in [0.2, 0.25) is 0 Å². The summed E-state index contributed by atoms with van der Waals surface area (Å²) in [6, 6.07) is 31.8. The van der Waals surface area contributed by atoms with Gasteiger partial charge in [0.05, 0.1) is 17.5 Å². The number of nitro benzene ring substituents is 1. The third-order valence-electron chi connectivity index (χ3n) is 6.80. The van der Waals surface area contributed by atoms with Crippen LogP contribution in [0.1, 0.15) is 0 Å². The third-order valence-corrected chi connectivity index (χ3v) is 6.80. The number of hydrogen-bond donors (Lipinski definition) is 0. The maximum absolute atomic E-state index is 11.3. The van der Waals surface area contributed by atoms with E-state index in [2.05, 4.69) is 66.2 Å². The van der Waals surface area contributed by atoms with Crippen LogP contribution >= 0.6 is 0 Å². The summed E-state index contributed by atoms with van der Waals surface area (Å²) >= 11 is 0. The normalized spacial score (nSPS) is 11.4. The second-order valence-electron chi connectivity index (χ2n) is 8.63. The number of rotatable bonds is 4. The molecule has 0 aliphatic carbocycles. The molecule has 0 saturated carbocycles. The lowest BCUT2D eigenvalue weighted by Crippen LogP contribution is -1.94. The van der Waals surface area contributed by atoms with Crippen molar-refractivity contribution in [1.29, 1.82) is 0 Å². The van der Waals surface area contributed by atoms with Crippen molar-refractivity contribution in [2.45, 2.75) is 0 Å². The number of non-ortho nitro benzene ring substituents is 1. The summed E-state index contributed by atoms with van der Waals surface area (Å²) in [4.78, 5) is 11.0. The second-order valence-corrected chi connectivity index (χ2v) is 8.63. The van der Waals surface area contributed by atoms with E-state index < -0.39 is 0 Å². The molecule has 0 fully saturated rings. The van der Waals surface area contributed by atoms with Crippen LogP contribution in [0.2, 0.25) is 0 Å². The average molecular weight is 459 g/mol. The number of aromatic nitrogens is 1. The molecule has 0 bridgehead atoms. The van der Waals surface area contributed by atoms with Crippen molar-refractivity contribution in [2.75, 3.05) is 7.11 Å². The summed E-state index contributed by atoms with van der Waals surface area (Å²) in [5.74, 6) is 0.792. The first-order valence-electron chi connectivity index (χ1n) is 11.4. The lowest BCUT2D eigenvalue weighted by atomic mass is 9.86. The minimum Gasteiger partial charge on any atom is -0.497 e. The summed E-state index contributed by atoms with van der Waals surface area (Å²) in [6.45, 7) is 0. The first kappa shape index (κ1) is 20.9. The smallest absolute Gasteiger partial charge is 0.269 e. The number of fused-ring (bicyclic) bond motifs is 5. The SMILES string of the molecule is COc1ccc(-c2c(-c3ccc([N+](=O)[O-])cc3)c3ccccc3c3c2c2ccccc2n3C)cc1. The van der Waals surface area contributed by atoms with Crippen molar-refractivity contribution in [2.24, 2.45) is 7.05 Å². The van der Waals surface area contributed by atoms with Crippen molar-refractivity contribution < 1.29 is 9.66 Å². The van der Waals surface area contributed by atoms with Gasteiger partial charge in [0.25, 0.3) is 5.69 Å². The Morgan fingerprint density at radius 3 is 1.94 bits per heavy atom. The summed E-state index contributed by atoms with van der Waals surface area (Å²) in [6.07, 6.45) is 0. The zero-order valence-corrected chi connectivity index (χ0v) is 19.4. The molecule has 0 aliphatic rings. The monoisotopic (exact) mass is 458 g/mol. The third kappa shape index (κ3) is 3.16. The molecular weight excluding hydrogens is 436 g/mol. The van der Waals surface area contributed by atoms with Gasteiger partial charge < -0.3 is 9.30 Å². The molecule has 0 unspecified atom stereocenters. The molecule has 170 valence electrons. The molecule has 6 rings (SSSR count). The summed E-state index contributed by atoms with van der Waals surface area (Å²) in [5.41, 5.74) is 6.56. The van der Waals surface area contributed by atoms with Crippen LogP contribution in [0.4, 0.5) is 5.69 Å². The Bertz CT molecular complexity index is 1750. The molecule has 0 spiro atoms. The topological polar surface area (TPSA) is 57.3 Å². The van der Waals surface area contributed by atoms with E-state index in [1.165, 1.54) is 16.3 Å². The Morgan fingerprint density at radius 2 is 1.29 bits per heavy atom. The van der Waals surface area contributed by atoms with Gasteiger partial charge in [-0.3, -0.25) is 10.1 Å². The minimum atomic E-state index is -0.361. The predicted octanol–water partition coefficient (Wildman–Crippen LogP) is 7.74. The van der Waals surface area contributed by atoms with E-state index in [1.54, 1.807) is 19.2 Å². The number of nitro groups is 1. The molecule has 0 saturated heterocycles. The highest BCUT2D eigenvalue weighted by atomic mass is 16.6. The van der Waals surface area contributed by atoms with E-state index >= 15 is 0 Å². The maximum atomic E-state index is 11.3. The van der Waals surface area contributed by atoms with Gasteiger partial charge in [-0.15, -0.1) is 0 Å². The summed E-state index contributed by atoms with van der Waals surface area (Å²) < 4.78 is 7.68. The quantitative estimate of drug-likeness (QED) is 0.201. The highest BCUT2D eigenvalue weighted by Gasteiger charge is 2.22. The van der Waals surface area contributed by atoms with Gasteiger partial charge in [-0.2, -0.15) is 0 Å². The fraction of sp³-hybridized carbons (Fsp3) is 0.0667. The number of ether oxygens (including phenoxy) is 1. The fourth-order valence-corrected chi connectivity index (χ4v) is 5.22. The van der Waals surface area contributed by atoms with Gasteiger partial charge in [-0.1, -0.05) is 54.6 Å². The van der Waals surface area contributed by atoms with Gasteiger partial charge in [0, 0.05) is 46.4 Å². The van der Waals surface area contributed by atoms with Crippen LogP contribution < -0.4 is 4.74 Å². The highest BCUT2D eigenvalue weighted by molar-refractivity contribution is 6.28. The Morgan fingerprint density at radius 1 is 0.714 bits per heavy atom. The molecule has 5 heteroatoms. The zero-order chi connectivity index (χ0) is 24.1. The molecule has 0 N–H and O–H groups in total. The lowest BCUT2D eigenvalue weighted by Gasteiger charge is -2.18. The van der Waals surface area contributed by atoms with Gasteiger partial charge in [0.1, 0.15) is 5.75 Å². The van der Waals surface area contributed by atoms with Gasteiger partial charge in [-0.25, -0.2) is 0 Å². The predicted molar refractivity (Wildman–Crippen MR) is 142 cm³/mol. The number of aryl methyl sites for hydroxylation is 1. The Hall–Kier alpha value is -4.64. The molecule has 0 radical (unpaired) electrons. The molecule has 5 aromatic carbocycles. The van der Waals surface area contributed by atoms with E-state index in [0.29, 0.717) is 0 Å². The van der Waals surface area contributed by atoms with Crippen LogP contribution in [0.25, 0.3) is 54.8 Å². The van der Waals surface area contributed by atoms with E-state index in [4.69, 9.17) is 4.74 Å². The first-order valence-corrected chi connectivity index (χ1v) is 11.4. The van der Waals surface area contributed by atoms with Crippen LogP contribution in [0.15, 0.2) is 97.1 Å². The van der Waals surface area contributed by atoms with Crippen molar-refractivity contribution in [3.8, 4) is 28.0 Å². The summed E-state index contributed by atoms with van der Waals surface area (Å²) in [7, 11) is 3.77. The fourth-order valence-electron chi connectivity index (χ4n) is 5.22. The van der Waals surface area contributed by atoms with Crippen molar-refractivity contribution in [3.05, 3.63) is 107 Å². The van der Waals surface area contributed by atoms with Crippen LogP contribution in [-0.4, -0.2) is 16.6 Å². The largest absolute Gasteiger partial charge is 0.497 e. The van der Waals surface area contributed by atoms with E-state index in [0.717, 1.165) is 44.3 Å². The molecule has 0 aliphatic heterocycles. The van der Waals surface area contributed by atoms with Crippen LogP contribution in [-0.2, 0) is 7.05 Å². The Kier molecular flexibility index (Phi) is 4.78. The van der Waals surface area contributed by atoms with Crippen LogP contribution in [0.3, 0.4) is 0 Å². The van der Waals surface area contributed by atoms with Crippen LogP contribution in [0.5, 0.6) is 5.75 Å². The minimum absolute atomic E-state index is 0.0790. The Balaban J connectivity index is 1.85. The number of para-hydroxylation sites is 1. The standard InChI is InChI=1S/C30H22N2O3/c1-31-26-10-6-5-9-25(26)29-28(20-13-17-22(35-2)18-14-20)27(19-11-15-21(16-12-19)32(33)34)23-7-3-4-8-24(23)30(29)31/h3-18H,1-2H3. The van der Waals surface area contributed by atoms with E-state index in [-0.39, 0.29) is 10.6 Å². The first-order chi connectivity index (χ1) is 17.1. The zero-order valence-electron chi connectivity index (χ0n) is 19.4. The highest BCUT2D eigenvalue weighted by Crippen LogP contribution is 2.48. The maximum Gasteiger partial charge on any atom is 0.269 e. The van der Waals surface area contributed by atoms with Crippen molar-refractivity contribution >= 4 is 38.3 Å². The molecular formula is C30H22N2O3.